The van der Waals surface area contributed by atoms with E-state index in [1.807, 2.05) is 6.20 Å². The molecular weight excluding hydrogens is 354 g/mol. The second-order valence-electron chi connectivity index (χ2n) is 9.33. The van der Waals surface area contributed by atoms with Crippen LogP contribution in [0.15, 0.2) is 53.1 Å². The van der Waals surface area contributed by atoms with Crippen molar-refractivity contribution in [2.45, 2.75) is 53.9 Å². The first kappa shape index (κ1) is 19.4. The van der Waals surface area contributed by atoms with Crippen LogP contribution < -0.4 is 0 Å². The molecule has 29 heavy (non-hydrogen) atoms. The van der Waals surface area contributed by atoms with Gasteiger partial charge in [0, 0.05) is 28.8 Å². The normalized spacial score (nSPS) is 12.0. The molecular formula is C27H29NO. The summed E-state index contributed by atoms with van der Waals surface area (Å²) in [7, 11) is 0. The fraction of sp³-hybridized carbons (Fsp3) is 0.296. The van der Waals surface area contributed by atoms with E-state index in [2.05, 4.69) is 90.9 Å². The van der Waals surface area contributed by atoms with Gasteiger partial charge in [0.05, 0.1) is 5.69 Å². The number of aryl methyl sites for hydroxylation is 4. The van der Waals surface area contributed by atoms with E-state index in [1.54, 1.807) is 0 Å². The molecule has 0 aliphatic heterocycles. The third kappa shape index (κ3) is 3.72. The minimum Gasteiger partial charge on any atom is -0.456 e. The van der Waals surface area contributed by atoms with E-state index in [0.717, 1.165) is 28.0 Å². The summed E-state index contributed by atoms with van der Waals surface area (Å²) in [5.74, 6) is 0.911. The number of nitrogens with zero attached hydrogens (tertiary/aromatic N) is 1. The third-order valence-electron chi connectivity index (χ3n) is 5.56. The second kappa shape index (κ2) is 6.88. The number of fused-ring (bicyclic) bond motifs is 1. The van der Waals surface area contributed by atoms with Crippen molar-refractivity contribution in [3.63, 3.8) is 0 Å². The Morgan fingerprint density at radius 2 is 1.41 bits per heavy atom. The Balaban J connectivity index is 1.82. The van der Waals surface area contributed by atoms with Gasteiger partial charge in [-0.05, 0) is 68.0 Å². The fourth-order valence-corrected chi connectivity index (χ4v) is 4.15. The minimum atomic E-state index is 0.100. The van der Waals surface area contributed by atoms with Crippen LogP contribution in [0.25, 0.3) is 33.6 Å². The lowest BCUT2D eigenvalue weighted by Crippen LogP contribution is -2.11. The zero-order valence-corrected chi connectivity index (χ0v) is 18.5. The van der Waals surface area contributed by atoms with Crippen LogP contribution in [0.4, 0.5) is 0 Å². The molecule has 0 spiro atoms. The van der Waals surface area contributed by atoms with Crippen LogP contribution in [0.3, 0.4) is 0 Å². The van der Waals surface area contributed by atoms with E-state index in [0.29, 0.717) is 0 Å². The SMILES string of the molecule is Cc1cc(-c2cc3oc(-c4c(C)cc(C)cc4C)cc3cn2)cc(C(C)(C)C)c1. The van der Waals surface area contributed by atoms with Gasteiger partial charge in [-0.3, -0.25) is 4.98 Å². The molecule has 2 heterocycles. The van der Waals surface area contributed by atoms with Crippen molar-refractivity contribution in [2.24, 2.45) is 0 Å². The Morgan fingerprint density at radius 3 is 2.07 bits per heavy atom. The highest BCUT2D eigenvalue weighted by Crippen LogP contribution is 2.35. The molecule has 0 atom stereocenters. The molecule has 4 rings (SSSR count). The van der Waals surface area contributed by atoms with Gasteiger partial charge < -0.3 is 4.42 Å². The first-order valence-electron chi connectivity index (χ1n) is 10.2. The average Bonchev–Trinajstić information content (AvgIpc) is 3.02. The zero-order valence-electron chi connectivity index (χ0n) is 18.5. The van der Waals surface area contributed by atoms with E-state index in [9.17, 15) is 0 Å². The van der Waals surface area contributed by atoms with Gasteiger partial charge in [-0.1, -0.05) is 50.1 Å². The average molecular weight is 384 g/mol. The van der Waals surface area contributed by atoms with Gasteiger partial charge >= 0.3 is 0 Å². The van der Waals surface area contributed by atoms with Gasteiger partial charge in [0.1, 0.15) is 11.3 Å². The molecule has 0 saturated heterocycles. The Morgan fingerprint density at radius 1 is 0.759 bits per heavy atom. The molecule has 0 N–H and O–H groups in total. The monoisotopic (exact) mass is 383 g/mol. The van der Waals surface area contributed by atoms with Crippen LogP contribution in [0.1, 0.15) is 48.6 Å². The van der Waals surface area contributed by atoms with Gasteiger partial charge in [-0.25, -0.2) is 0 Å². The number of hydrogen-bond donors (Lipinski definition) is 0. The second-order valence-corrected chi connectivity index (χ2v) is 9.33. The lowest BCUT2D eigenvalue weighted by Gasteiger charge is -2.20. The van der Waals surface area contributed by atoms with Crippen LogP contribution in [-0.2, 0) is 5.41 Å². The fourth-order valence-electron chi connectivity index (χ4n) is 4.15. The Kier molecular flexibility index (Phi) is 4.61. The van der Waals surface area contributed by atoms with Crippen LogP contribution >= 0.6 is 0 Å². The molecule has 2 aromatic carbocycles. The number of hydrogen-bond acceptors (Lipinski definition) is 2. The molecule has 4 aromatic rings. The van der Waals surface area contributed by atoms with Gasteiger partial charge in [-0.15, -0.1) is 0 Å². The van der Waals surface area contributed by atoms with Gasteiger partial charge in [0.25, 0.3) is 0 Å². The molecule has 0 unspecified atom stereocenters. The van der Waals surface area contributed by atoms with Crippen molar-refractivity contribution in [1.82, 2.24) is 4.98 Å². The summed E-state index contributed by atoms with van der Waals surface area (Å²) >= 11 is 0. The number of rotatable bonds is 2. The highest BCUT2D eigenvalue weighted by atomic mass is 16.3. The molecule has 0 saturated carbocycles. The molecule has 2 aromatic heterocycles. The molecule has 0 amide bonds. The largest absolute Gasteiger partial charge is 0.456 e. The maximum absolute atomic E-state index is 6.31. The topological polar surface area (TPSA) is 26.0 Å². The van der Waals surface area contributed by atoms with E-state index in [4.69, 9.17) is 9.40 Å². The predicted molar refractivity (Wildman–Crippen MR) is 123 cm³/mol. The number of furan rings is 1. The maximum atomic E-state index is 6.31. The van der Waals surface area contributed by atoms with E-state index < -0.39 is 0 Å². The van der Waals surface area contributed by atoms with Crippen molar-refractivity contribution in [3.8, 4) is 22.6 Å². The summed E-state index contributed by atoms with van der Waals surface area (Å²) in [4.78, 5) is 4.75. The predicted octanol–water partition coefficient (Wildman–Crippen LogP) is 7.69. The Bertz CT molecular complexity index is 1200. The Labute approximate surface area is 173 Å². The van der Waals surface area contributed by atoms with Gasteiger partial charge in [-0.2, -0.15) is 0 Å². The molecule has 0 aliphatic carbocycles. The number of aromatic nitrogens is 1. The quantitative estimate of drug-likeness (QED) is 0.354. The molecule has 0 radical (unpaired) electrons. The Hall–Kier alpha value is -2.87. The molecule has 0 aliphatic rings. The van der Waals surface area contributed by atoms with Crippen molar-refractivity contribution < 1.29 is 4.42 Å². The number of pyridine rings is 1. The molecule has 2 nitrogen and oxygen atoms in total. The van der Waals surface area contributed by atoms with Crippen molar-refractivity contribution in [3.05, 3.63) is 76.5 Å². The molecule has 0 bridgehead atoms. The highest BCUT2D eigenvalue weighted by molar-refractivity contribution is 5.86. The van der Waals surface area contributed by atoms with Crippen LogP contribution in [-0.4, -0.2) is 4.98 Å². The minimum absolute atomic E-state index is 0.100. The van der Waals surface area contributed by atoms with Gasteiger partial charge in [0.2, 0.25) is 0 Å². The van der Waals surface area contributed by atoms with E-state index in [-0.39, 0.29) is 5.41 Å². The summed E-state index contributed by atoms with van der Waals surface area (Å²) in [5, 5.41) is 1.03. The first-order valence-corrected chi connectivity index (χ1v) is 10.2. The van der Waals surface area contributed by atoms with Crippen molar-refractivity contribution in [2.75, 3.05) is 0 Å². The molecule has 2 heteroatoms. The standard InChI is InChI=1S/C27H29NO/c1-16-8-18(3)26(19(4)9-16)25-13-21-15-28-23(14-24(21)29-25)20-10-17(2)11-22(12-20)27(5,6)7/h8-15H,1-7H3. The first-order chi connectivity index (χ1) is 13.6. The molecule has 0 fully saturated rings. The smallest absolute Gasteiger partial charge is 0.138 e. The number of benzene rings is 2. The highest BCUT2D eigenvalue weighted by Gasteiger charge is 2.17. The lowest BCUT2D eigenvalue weighted by atomic mass is 9.85. The van der Waals surface area contributed by atoms with Gasteiger partial charge in [0.15, 0.2) is 0 Å². The maximum Gasteiger partial charge on any atom is 0.138 e. The summed E-state index contributed by atoms with van der Waals surface area (Å²) in [6.45, 7) is 15.3. The van der Waals surface area contributed by atoms with E-state index in [1.165, 1.54) is 33.4 Å². The summed E-state index contributed by atoms with van der Waals surface area (Å²) in [6.07, 6.45) is 1.93. The van der Waals surface area contributed by atoms with E-state index >= 15 is 0 Å². The lowest BCUT2D eigenvalue weighted by molar-refractivity contribution is 0.590. The van der Waals surface area contributed by atoms with Crippen LogP contribution in [0, 0.1) is 27.7 Å². The zero-order chi connectivity index (χ0) is 20.9. The van der Waals surface area contributed by atoms with Crippen LogP contribution in [0.5, 0.6) is 0 Å². The van der Waals surface area contributed by atoms with Crippen LogP contribution in [0.2, 0.25) is 0 Å². The third-order valence-corrected chi connectivity index (χ3v) is 5.56. The molecule has 148 valence electrons. The summed E-state index contributed by atoms with van der Waals surface area (Å²) < 4.78 is 6.31. The summed E-state index contributed by atoms with van der Waals surface area (Å²) in [6, 6.07) is 15.3. The van der Waals surface area contributed by atoms with Crippen molar-refractivity contribution >= 4 is 11.0 Å². The summed E-state index contributed by atoms with van der Waals surface area (Å²) in [5.41, 5.74) is 10.6. The van der Waals surface area contributed by atoms with Crippen molar-refractivity contribution in [1.29, 1.82) is 0 Å².